The molecule has 1 heterocycles. The van der Waals surface area contributed by atoms with Crippen molar-refractivity contribution in [1.29, 1.82) is 0 Å². The first-order chi connectivity index (χ1) is 6.00. The summed E-state index contributed by atoms with van der Waals surface area (Å²) in [6.07, 6.45) is 2.20. The Kier molecular flexibility index (Phi) is 1.77. The smallest absolute Gasteiger partial charge is 0.152 e. The zero-order chi connectivity index (χ0) is 9.64. The minimum Gasteiger partial charge on any atom is -0.396 e. The third-order valence-corrected chi connectivity index (χ3v) is 3.05. The third kappa shape index (κ3) is 1.29. The van der Waals surface area contributed by atoms with Gasteiger partial charge in [0.25, 0.3) is 0 Å². The van der Waals surface area contributed by atoms with Crippen LogP contribution in [0.25, 0.3) is 0 Å². The predicted molar refractivity (Wildman–Crippen MR) is 55.0 cm³/mol. The summed E-state index contributed by atoms with van der Waals surface area (Å²) < 4.78 is 0. The molecule has 13 heavy (non-hydrogen) atoms. The number of nitrogen functional groups attached to an aromatic ring is 1. The molecule has 1 aliphatic rings. The Balaban J connectivity index is 2.61. The van der Waals surface area contributed by atoms with Crippen LogP contribution in [0.3, 0.4) is 0 Å². The molecule has 0 aromatic carbocycles. The molecule has 0 bridgehead atoms. The van der Waals surface area contributed by atoms with Crippen molar-refractivity contribution >= 4 is 17.3 Å². The summed E-state index contributed by atoms with van der Waals surface area (Å²) in [6, 6.07) is 1.96. The van der Waals surface area contributed by atoms with Crippen LogP contribution in [-0.2, 0) is 11.8 Å². The second kappa shape index (κ2) is 2.61. The molecule has 70 valence electrons. The van der Waals surface area contributed by atoms with Crippen LogP contribution in [-0.4, -0.2) is 4.98 Å². The van der Waals surface area contributed by atoms with Crippen LogP contribution in [0, 0.1) is 0 Å². The van der Waals surface area contributed by atoms with Gasteiger partial charge in [0.15, 0.2) is 5.15 Å². The number of anilines is 1. The van der Waals surface area contributed by atoms with Crippen molar-refractivity contribution in [2.45, 2.75) is 32.1 Å². The molecule has 0 spiro atoms. The quantitative estimate of drug-likeness (QED) is 0.648. The van der Waals surface area contributed by atoms with E-state index in [0.29, 0.717) is 10.8 Å². The number of nitrogens with zero attached hydrogens (tertiary/aromatic N) is 1. The number of halogens is 1. The van der Waals surface area contributed by atoms with Gasteiger partial charge in [-0.3, -0.25) is 0 Å². The van der Waals surface area contributed by atoms with Gasteiger partial charge in [-0.2, -0.15) is 0 Å². The fourth-order valence-electron chi connectivity index (χ4n) is 1.89. The van der Waals surface area contributed by atoms with Crippen molar-refractivity contribution in [2.24, 2.45) is 0 Å². The summed E-state index contributed by atoms with van der Waals surface area (Å²) in [5.41, 5.74) is 8.82. The maximum absolute atomic E-state index is 5.88. The van der Waals surface area contributed by atoms with E-state index < -0.39 is 0 Å². The average molecular weight is 197 g/mol. The molecular weight excluding hydrogens is 184 g/mol. The lowest BCUT2D eigenvalue weighted by molar-refractivity contribution is 0.509. The molecule has 3 heteroatoms. The number of aromatic nitrogens is 1. The van der Waals surface area contributed by atoms with E-state index in [9.17, 15) is 0 Å². The highest BCUT2D eigenvalue weighted by molar-refractivity contribution is 6.31. The second-order valence-corrected chi connectivity index (χ2v) is 4.62. The monoisotopic (exact) mass is 196 g/mol. The van der Waals surface area contributed by atoms with E-state index in [1.807, 2.05) is 6.07 Å². The lowest BCUT2D eigenvalue weighted by atomic mass is 9.90. The number of hydrogen-bond acceptors (Lipinski definition) is 2. The predicted octanol–water partition coefficient (Wildman–Crippen LogP) is 2.54. The highest BCUT2D eigenvalue weighted by atomic mass is 35.5. The van der Waals surface area contributed by atoms with Gasteiger partial charge < -0.3 is 5.73 Å². The zero-order valence-corrected chi connectivity index (χ0v) is 8.65. The molecule has 2 N–H and O–H groups in total. The lowest BCUT2D eigenvalue weighted by Gasteiger charge is -2.17. The second-order valence-electron chi connectivity index (χ2n) is 4.26. The Morgan fingerprint density at radius 3 is 2.92 bits per heavy atom. The highest BCUT2D eigenvalue weighted by Gasteiger charge is 2.31. The Bertz CT molecular complexity index is 358. The molecule has 0 radical (unpaired) electrons. The van der Waals surface area contributed by atoms with Crippen molar-refractivity contribution in [3.63, 3.8) is 0 Å². The van der Waals surface area contributed by atoms with Gasteiger partial charge >= 0.3 is 0 Å². The number of nitrogens with two attached hydrogens (primary N) is 1. The molecule has 0 saturated carbocycles. The van der Waals surface area contributed by atoms with Crippen molar-refractivity contribution in [2.75, 3.05) is 5.73 Å². The minimum atomic E-state index is 0.159. The topological polar surface area (TPSA) is 38.9 Å². The summed E-state index contributed by atoms with van der Waals surface area (Å²) in [7, 11) is 0. The van der Waals surface area contributed by atoms with E-state index in [2.05, 4.69) is 18.8 Å². The summed E-state index contributed by atoms with van der Waals surface area (Å²) in [6.45, 7) is 4.39. The number of hydrogen-bond donors (Lipinski definition) is 1. The SMILES string of the molecule is CC1(C)CCc2cc(N)c(Cl)nc21. The van der Waals surface area contributed by atoms with E-state index in [0.717, 1.165) is 18.5 Å². The molecule has 0 amide bonds. The number of aryl methyl sites for hydroxylation is 1. The molecule has 0 atom stereocenters. The van der Waals surface area contributed by atoms with Crippen LogP contribution in [0.4, 0.5) is 5.69 Å². The molecular formula is C10H13ClN2. The van der Waals surface area contributed by atoms with E-state index in [1.165, 1.54) is 5.56 Å². The Hall–Kier alpha value is -0.760. The normalized spacial score (nSPS) is 18.7. The fraction of sp³-hybridized carbons (Fsp3) is 0.500. The Morgan fingerprint density at radius 2 is 2.23 bits per heavy atom. The van der Waals surface area contributed by atoms with Gasteiger partial charge in [-0.15, -0.1) is 0 Å². The van der Waals surface area contributed by atoms with Crippen LogP contribution in [0.15, 0.2) is 6.07 Å². The van der Waals surface area contributed by atoms with Gasteiger partial charge in [0, 0.05) is 5.41 Å². The van der Waals surface area contributed by atoms with Crippen molar-refractivity contribution in [3.8, 4) is 0 Å². The molecule has 2 nitrogen and oxygen atoms in total. The third-order valence-electron chi connectivity index (χ3n) is 2.74. The van der Waals surface area contributed by atoms with Crippen LogP contribution >= 0.6 is 11.6 Å². The number of rotatable bonds is 0. The van der Waals surface area contributed by atoms with E-state index in [-0.39, 0.29) is 5.41 Å². The summed E-state index contributed by atoms with van der Waals surface area (Å²) >= 11 is 5.88. The van der Waals surface area contributed by atoms with Gasteiger partial charge in [-0.25, -0.2) is 4.98 Å². The van der Waals surface area contributed by atoms with Gasteiger partial charge in [-0.05, 0) is 24.5 Å². The first-order valence-corrected chi connectivity index (χ1v) is 4.84. The fourth-order valence-corrected chi connectivity index (χ4v) is 2.03. The van der Waals surface area contributed by atoms with E-state index in [1.54, 1.807) is 0 Å². The van der Waals surface area contributed by atoms with E-state index in [4.69, 9.17) is 17.3 Å². The van der Waals surface area contributed by atoms with Crippen LogP contribution in [0.5, 0.6) is 0 Å². The Labute approximate surface area is 83.1 Å². The van der Waals surface area contributed by atoms with Crippen molar-refractivity contribution in [1.82, 2.24) is 4.98 Å². The molecule has 0 aliphatic heterocycles. The summed E-state index contributed by atoms with van der Waals surface area (Å²) in [4.78, 5) is 4.35. The van der Waals surface area contributed by atoms with Crippen LogP contribution in [0.1, 0.15) is 31.5 Å². The molecule has 0 saturated heterocycles. The first kappa shape index (κ1) is 8.82. The molecule has 1 aliphatic carbocycles. The van der Waals surface area contributed by atoms with Gasteiger partial charge in [0.05, 0.1) is 11.4 Å². The zero-order valence-electron chi connectivity index (χ0n) is 7.89. The largest absolute Gasteiger partial charge is 0.396 e. The molecule has 0 unspecified atom stereocenters. The highest BCUT2D eigenvalue weighted by Crippen LogP contribution is 2.38. The molecule has 1 aromatic heterocycles. The van der Waals surface area contributed by atoms with Crippen LogP contribution < -0.4 is 5.73 Å². The van der Waals surface area contributed by atoms with Crippen molar-refractivity contribution < 1.29 is 0 Å². The van der Waals surface area contributed by atoms with Gasteiger partial charge in [0.2, 0.25) is 0 Å². The average Bonchev–Trinajstić information content (AvgIpc) is 2.31. The standard InChI is InChI=1S/C10H13ClN2/c1-10(2)4-3-6-5-7(12)9(11)13-8(6)10/h5H,3-4,12H2,1-2H3. The maximum Gasteiger partial charge on any atom is 0.152 e. The Morgan fingerprint density at radius 1 is 1.54 bits per heavy atom. The summed E-state index contributed by atoms with van der Waals surface area (Å²) in [5.74, 6) is 0. The van der Waals surface area contributed by atoms with Gasteiger partial charge in [-0.1, -0.05) is 25.4 Å². The van der Waals surface area contributed by atoms with Crippen molar-refractivity contribution in [3.05, 3.63) is 22.5 Å². The molecule has 2 rings (SSSR count). The number of pyridine rings is 1. The number of fused-ring (bicyclic) bond motifs is 1. The summed E-state index contributed by atoms with van der Waals surface area (Å²) in [5, 5.41) is 0.439. The first-order valence-electron chi connectivity index (χ1n) is 4.46. The molecule has 0 fully saturated rings. The van der Waals surface area contributed by atoms with Crippen LogP contribution in [0.2, 0.25) is 5.15 Å². The lowest BCUT2D eigenvalue weighted by Crippen LogP contribution is -2.14. The van der Waals surface area contributed by atoms with E-state index >= 15 is 0 Å². The van der Waals surface area contributed by atoms with Gasteiger partial charge in [0.1, 0.15) is 0 Å². The maximum atomic E-state index is 5.88. The minimum absolute atomic E-state index is 0.159. The molecule has 1 aromatic rings.